The van der Waals surface area contributed by atoms with Crippen molar-refractivity contribution in [1.82, 2.24) is 0 Å². The van der Waals surface area contributed by atoms with Crippen molar-refractivity contribution < 1.29 is 21.6 Å². The van der Waals surface area contributed by atoms with Gasteiger partial charge in [0, 0.05) is 0 Å². The summed E-state index contributed by atoms with van der Waals surface area (Å²) in [4.78, 5) is 2.20. The molecule has 2 aromatic rings. The van der Waals surface area contributed by atoms with Gasteiger partial charge in [-0.05, 0) is 44.0 Å². The lowest BCUT2D eigenvalue weighted by atomic mass is 10.1. The van der Waals surface area contributed by atoms with E-state index in [0.29, 0.717) is 11.1 Å². The van der Waals surface area contributed by atoms with Crippen LogP contribution in [-0.4, -0.2) is 26.0 Å². The Kier molecular flexibility index (Phi) is 4.75. The maximum Gasteiger partial charge on any atom is 0.504 e. The van der Waals surface area contributed by atoms with Crippen LogP contribution in [0.15, 0.2) is 52.3 Å². The summed E-state index contributed by atoms with van der Waals surface area (Å²) >= 11 is 0. The van der Waals surface area contributed by atoms with Gasteiger partial charge in [-0.1, -0.05) is 35.9 Å². The van der Waals surface area contributed by atoms with Crippen LogP contribution in [0.25, 0.3) is 5.53 Å². The van der Waals surface area contributed by atoms with Crippen molar-refractivity contribution >= 4 is 24.1 Å². The van der Waals surface area contributed by atoms with Crippen molar-refractivity contribution in [2.24, 2.45) is 0 Å². The standard InChI is InChI=1S/C16H16N2O4S2/c1-11-9-12(2)15(13(3)10-11)24(21,22)16(18-17)23(19,20)14-7-5-4-6-8-14/h4-10H,1-3H3. The van der Waals surface area contributed by atoms with E-state index >= 15 is 0 Å². The number of hydrogen-bond donors (Lipinski definition) is 0. The highest BCUT2D eigenvalue weighted by atomic mass is 32.3. The van der Waals surface area contributed by atoms with Crippen LogP contribution < -0.4 is 0 Å². The molecule has 24 heavy (non-hydrogen) atoms. The second kappa shape index (κ2) is 6.32. The molecule has 0 heterocycles. The Hall–Kier alpha value is -2.28. The molecule has 126 valence electrons. The summed E-state index contributed by atoms with van der Waals surface area (Å²) in [5, 5.41) is 0. The van der Waals surface area contributed by atoms with Crippen molar-refractivity contribution in [2.45, 2.75) is 30.6 Å². The van der Waals surface area contributed by atoms with Crippen molar-refractivity contribution in [3.05, 3.63) is 64.7 Å². The van der Waals surface area contributed by atoms with E-state index < -0.39 is 24.1 Å². The third kappa shape index (κ3) is 3.03. The van der Waals surface area contributed by atoms with E-state index in [1.807, 2.05) is 0 Å². The highest BCUT2D eigenvalue weighted by Crippen LogP contribution is 2.26. The molecule has 0 aliphatic heterocycles. The number of nitrogens with zero attached hydrogens (tertiary/aromatic N) is 2. The van der Waals surface area contributed by atoms with Crippen LogP contribution in [0.5, 0.6) is 0 Å². The van der Waals surface area contributed by atoms with Gasteiger partial charge in [-0.3, -0.25) is 0 Å². The monoisotopic (exact) mass is 364 g/mol. The molecule has 2 aromatic carbocycles. The van der Waals surface area contributed by atoms with Gasteiger partial charge in [0.25, 0.3) is 19.7 Å². The first-order chi connectivity index (χ1) is 11.1. The van der Waals surface area contributed by atoms with Crippen LogP contribution >= 0.6 is 0 Å². The molecule has 6 nitrogen and oxygen atoms in total. The highest BCUT2D eigenvalue weighted by Gasteiger charge is 2.45. The molecule has 0 fully saturated rings. The van der Waals surface area contributed by atoms with Gasteiger partial charge < -0.3 is 5.53 Å². The lowest BCUT2D eigenvalue weighted by Crippen LogP contribution is -2.27. The average Bonchev–Trinajstić information content (AvgIpc) is 2.46. The lowest BCUT2D eigenvalue weighted by Gasteiger charge is -2.10. The van der Waals surface area contributed by atoms with Crippen molar-refractivity contribution in [2.75, 3.05) is 0 Å². The topological polar surface area (TPSA) is 105 Å². The molecule has 8 heteroatoms. The van der Waals surface area contributed by atoms with E-state index in [2.05, 4.69) is 4.79 Å². The van der Waals surface area contributed by atoms with Crippen LogP contribution in [0, 0.1) is 20.8 Å². The zero-order valence-corrected chi connectivity index (χ0v) is 15.0. The Morgan fingerprint density at radius 1 is 0.875 bits per heavy atom. The fourth-order valence-electron chi connectivity index (χ4n) is 2.63. The Labute approximate surface area is 141 Å². The fourth-order valence-corrected chi connectivity index (χ4v) is 6.40. The minimum atomic E-state index is -4.52. The average molecular weight is 364 g/mol. The Bertz CT molecular complexity index is 1030. The number of benzene rings is 2. The summed E-state index contributed by atoms with van der Waals surface area (Å²) < 4.78 is 49.7. The number of rotatable bonds is 2. The van der Waals surface area contributed by atoms with Crippen LogP contribution in [0.4, 0.5) is 0 Å². The smallest absolute Gasteiger partial charge is 0.359 e. The Morgan fingerprint density at radius 3 is 1.83 bits per heavy atom. The van der Waals surface area contributed by atoms with Gasteiger partial charge in [0.05, 0.1) is 9.79 Å². The first kappa shape index (κ1) is 18.1. The molecule has 0 amide bonds. The number of sulfone groups is 2. The van der Waals surface area contributed by atoms with Gasteiger partial charge in [0.15, 0.2) is 0 Å². The van der Waals surface area contributed by atoms with Crippen LogP contribution in [0.2, 0.25) is 0 Å². The molecule has 0 spiro atoms. The van der Waals surface area contributed by atoms with Gasteiger partial charge in [0.1, 0.15) is 0 Å². The molecule has 0 saturated carbocycles. The molecule has 0 atom stereocenters. The minimum Gasteiger partial charge on any atom is -0.359 e. The minimum absolute atomic E-state index is 0.166. The summed E-state index contributed by atoms with van der Waals surface area (Å²) in [7, 11) is -9.01. The summed E-state index contributed by atoms with van der Waals surface area (Å²) in [6.07, 6.45) is 0. The van der Waals surface area contributed by atoms with E-state index in [1.165, 1.54) is 24.3 Å². The molecule has 0 aromatic heterocycles. The van der Waals surface area contributed by atoms with Crippen LogP contribution in [0.1, 0.15) is 16.7 Å². The van der Waals surface area contributed by atoms with E-state index in [4.69, 9.17) is 0 Å². The largest absolute Gasteiger partial charge is 0.504 e. The van der Waals surface area contributed by atoms with E-state index in [9.17, 15) is 22.4 Å². The predicted molar refractivity (Wildman–Crippen MR) is 90.1 cm³/mol. The summed E-state index contributed by atoms with van der Waals surface area (Å²) in [6.45, 7) is 4.94. The summed E-state index contributed by atoms with van der Waals surface area (Å²) in [6, 6.07) is 10.2. The summed E-state index contributed by atoms with van der Waals surface area (Å²) in [5.74, 6) is 0. The van der Waals surface area contributed by atoms with Gasteiger partial charge >= 0.3 is 4.38 Å². The second-order valence-electron chi connectivity index (χ2n) is 5.41. The molecule has 2 rings (SSSR count). The maximum atomic E-state index is 12.9. The molecule has 0 unspecified atom stereocenters. The quantitative estimate of drug-likeness (QED) is 0.353. The Morgan fingerprint density at radius 2 is 1.38 bits per heavy atom. The summed E-state index contributed by atoms with van der Waals surface area (Å²) in [5.41, 5.74) is 10.8. The molecule has 0 aliphatic carbocycles. The number of hydrogen-bond acceptors (Lipinski definition) is 4. The van der Waals surface area contributed by atoms with E-state index in [0.717, 1.165) is 5.56 Å². The molecular formula is C16H16N2O4S2. The van der Waals surface area contributed by atoms with Gasteiger partial charge in [-0.2, -0.15) is 0 Å². The first-order valence-electron chi connectivity index (χ1n) is 6.97. The van der Waals surface area contributed by atoms with Crippen molar-refractivity contribution in [3.8, 4) is 0 Å². The number of aryl methyl sites for hydroxylation is 3. The lowest BCUT2D eigenvalue weighted by molar-refractivity contribution is 0.00379. The maximum absolute atomic E-state index is 12.9. The molecule has 0 radical (unpaired) electrons. The molecule has 0 saturated heterocycles. The van der Waals surface area contributed by atoms with Crippen LogP contribution in [-0.2, 0) is 19.7 Å². The Balaban J connectivity index is 2.76. The molecular weight excluding hydrogens is 348 g/mol. The van der Waals surface area contributed by atoms with Crippen molar-refractivity contribution in [1.29, 1.82) is 0 Å². The molecule has 0 N–H and O–H groups in total. The molecule has 0 aliphatic rings. The second-order valence-corrected chi connectivity index (χ2v) is 9.34. The molecule has 0 bridgehead atoms. The van der Waals surface area contributed by atoms with Gasteiger partial charge in [-0.15, -0.1) is 4.79 Å². The third-order valence-corrected chi connectivity index (χ3v) is 7.94. The van der Waals surface area contributed by atoms with Gasteiger partial charge in [0.2, 0.25) is 0 Å². The fraction of sp³-hybridized carbons (Fsp3) is 0.188. The zero-order chi connectivity index (χ0) is 18.1. The van der Waals surface area contributed by atoms with Crippen molar-refractivity contribution in [3.63, 3.8) is 0 Å². The van der Waals surface area contributed by atoms with Gasteiger partial charge in [-0.25, -0.2) is 16.8 Å². The van der Waals surface area contributed by atoms with E-state index in [1.54, 1.807) is 39.0 Å². The first-order valence-corrected chi connectivity index (χ1v) is 9.94. The van der Waals surface area contributed by atoms with E-state index in [-0.39, 0.29) is 9.79 Å². The van der Waals surface area contributed by atoms with Crippen LogP contribution in [0.3, 0.4) is 0 Å². The SMILES string of the molecule is Cc1cc(C)c(S(=O)(=O)C(=[N+]=[N-])S(=O)(=O)c2ccccc2)c(C)c1. The highest BCUT2D eigenvalue weighted by molar-refractivity contribution is 8.31. The zero-order valence-electron chi connectivity index (χ0n) is 13.4. The third-order valence-electron chi connectivity index (χ3n) is 3.47. The predicted octanol–water partition coefficient (Wildman–Crippen LogP) is 2.45. The normalized spacial score (nSPS) is 11.8.